The third-order valence-corrected chi connectivity index (χ3v) is 3.35. The first-order valence-electron chi connectivity index (χ1n) is 6.20. The average molecular weight is 265 g/mol. The zero-order valence-corrected chi connectivity index (χ0v) is 10.7. The van der Waals surface area contributed by atoms with Crippen LogP contribution < -0.4 is 5.73 Å². The predicted molar refractivity (Wildman–Crippen MR) is 76.6 cm³/mol. The molecule has 0 aliphatic heterocycles. The maximum absolute atomic E-state index is 13.1. The fourth-order valence-electron chi connectivity index (χ4n) is 2.28. The van der Waals surface area contributed by atoms with Gasteiger partial charge in [0, 0.05) is 23.9 Å². The topological polar surface area (TPSA) is 54.7 Å². The van der Waals surface area contributed by atoms with Crippen LogP contribution in [0.1, 0.15) is 11.1 Å². The van der Waals surface area contributed by atoms with Crippen LogP contribution in [0.3, 0.4) is 0 Å². The molecule has 3 aromatic rings. The fourth-order valence-corrected chi connectivity index (χ4v) is 2.28. The normalized spacial score (nSPS) is 10.6. The summed E-state index contributed by atoms with van der Waals surface area (Å²) in [6.45, 7) is 0.546. The number of hydrogen-bond acceptors (Lipinski definition) is 2. The molecule has 0 saturated heterocycles. The molecular weight excluding hydrogens is 253 g/mol. The monoisotopic (exact) mass is 265 g/mol. The number of nitrogen functional groups attached to an aromatic ring is 1. The Hall–Kier alpha value is -2.80. The molecule has 1 heterocycles. The van der Waals surface area contributed by atoms with Crippen molar-refractivity contribution in [3.63, 3.8) is 0 Å². The van der Waals surface area contributed by atoms with E-state index in [4.69, 9.17) is 11.0 Å². The highest BCUT2D eigenvalue weighted by Gasteiger charge is 2.06. The summed E-state index contributed by atoms with van der Waals surface area (Å²) in [6.07, 6.45) is 1.94. The Bertz CT molecular complexity index is 827. The Labute approximate surface area is 115 Å². The lowest BCUT2D eigenvalue weighted by Crippen LogP contribution is -2.02. The standard InChI is InChI=1S/C16H12FN3/c17-14-4-3-13(15(19)8-14)10-20-6-5-12-2-1-11(9-18)7-16(12)20/h1-8H,10,19H2. The molecule has 0 amide bonds. The number of anilines is 1. The van der Waals surface area contributed by atoms with E-state index in [2.05, 4.69) is 6.07 Å². The van der Waals surface area contributed by atoms with E-state index in [1.165, 1.54) is 12.1 Å². The van der Waals surface area contributed by atoms with Crippen molar-refractivity contribution in [3.05, 3.63) is 65.6 Å². The molecule has 3 nitrogen and oxygen atoms in total. The molecule has 1 aromatic heterocycles. The van der Waals surface area contributed by atoms with Crippen LogP contribution in [-0.2, 0) is 6.54 Å². The van der Waals surface area contributed by atoms with Crippen LogP contribution >= 0.6 is 0 Å². The van der Waals surface area contributed by atoms with E-state index in [0.29, 0.717) is 17.8 Å². The molecule has 98 valence electrons. The summed E-state index contributed by atoms with van der Waals surface area (Å²) in [5.74, 6) is -0.338. The van der Waals surface area contributed by atoms with Crippen LogP contribution in [0, 0.1) is 17.1 Å². The van der Waals surface area contributed by atoms with Gasteiger partial charge in [0.25, 0.3) is 0 Å². The molecule has 0 atom stereocenters. The van der Waals surface area contributed by atoms with E-state index in [9.17, 15) is 4.39 Å². The van der Waals surface area contributed by atoms with Crippen molar-refractivity contribution in [2.75, 3.05) is 5.73 Å². The minimum Gasteiger partial charge on any atom is -0.398 e. The van der Waals surface area contributed by atoms with Crippen LogP contribution in [0.2, 0.25) is 0 Å². The Morgan fingerprint density at radius 1 is 1.15 bits per heavy atom. The number of benzene rings is 2. The third kappa shape index (κ3) is 2.10. The van der Waals surface area contributed by atoms with Gasteiger partial charge < -0.3 is 10.3 Å². The summed E-state index contributed by atoms with van der Waals surface area (Å²) in [7, 11) is 0. The Morgan fingerprint density at radius 2 is 2.00 bits per heavy atom. The highest BCUT2D eigenvalue weighted by atomic mass is 19.1. The molecule has 0 spiro atoms. The van der Waals surface area contributed by atoms with Crippen molar-refractivity contribution in [2.24, 2.45) is 0 Å². The quantitative estimate of drug-likeness (QED) is 0.723. The zero-order chi connectivity index (χ0) is 14.1. The minimum absolute atomic E-state index is 0.338. The molecule has 0 unspecified atom stereocenters. The van der Waals surface area contributed by atoms with Gasteiger partial charge in [0.2, 0.25) is 0 Å². The van der Waals surface area contributed by atoms with Crippen LogP contribution in [0.25, 0.3) is 10.9 Å². The second-order valence-electron chi connectivity index (χ2n) is 4.67. The SMILES string of the molecule is N#Cc1ccc2ccn(Cc3ccc(F)cc3N)c2c1. The average Bonchev–Trinajstić information content (AvgIpc) is 2.84. The molecule has 20 heavy (non-hydrogen) atoms. The lowest BCUT2D eigenvalue weighted by Gasteiger charge is -2.09. The first-order chi connectivity index (χ1) is 9.67. The molecule has 2 aromatic carbocycles. The van der Waals surface area contributed by atoms with Gasteiger partial charge in [-0.1, -0.05) is 12.1 Å². The molecule has 0 radical (unpaired) electrons. The molecule has 2 N–H and O–H groups in total. The van der Waals surface area contributed by atoms with Crippen molar-refractivity contribution in [1.29, 1.82) is 5.26 Å². The lowest BCUT2D eigenvalue weighted by atomic mass is 10.1. The maximum Gasteiger partial charge on any atom is 0.125 e. The van der Waals surface area contributed by atoms with Crippen LogP contribution in [0.5, 0.6) is 0 Å². The first-order valence-corrected chi connectivity index (χ1v) is 6.20. The van der Waals surface area contributed by atoms with Gasteiger partial charge in [-0.3, -0.25) is 0 Å². The number of halogens is 1. The fraction of sp³-hybridized carbons (Fsp3) is 0.0625. The van der Waals surface area contributed by atoms with Gasteiger partial charge in [-0.2, -0.15) is 5.26 Å². The summed E-state index contributed by atoms with van der Waals surface area (Å²) in [4.78, 5) is 0. The molecule has 0 aliphatic carbocycles. The molecule has 4 heteroatoms. The predicted octanol–water partition coefficient (Wildman–Crippen LogP) is 3.28. The third-order valence-electron chi connectivity index (χ3n) is 3.35. The largest absolute Gasteiger partial charge is 0.398 e. The van der Waals surface area contributed by atoms with Gasteiger partial charge >= 0.3 is 0 Å². The Kier molecular flexibility index (Phi) is 2.88. The number of aromatic nitrogens is 1. The lowest BCUT2D eigenvalue weighted by molar-refractivity contribution is 0.627. The number of nitrogens with two attached hydrogens (primary N) is 1. The molecular formula is C16H12FN3. The minimum atomic E-state index is -0.338. The first kappa shape index (κ1) is 12.2. The Morgan fingerprint density at radius 3 is 2.75 bits per heavy atom. The van der Waals surface area contributed by atoms with Crippen LogP contribution in [0.15, 0.2) is 48.7 Å². The summed E-state index contributed by atoms with van der Waals surface area (Å²) in [5, 5.41) is 10.0. The number of hydrogen-bond donors (Lipinski definition) is 1. The number of fused-ring (bicyclic) bond motifs is 1. The summed E-state index contributed by atoms with van der Waals surface area (Å²) >= 11 is 0. The van der Waals surface area contributed by atoms with Gasteiger partial charge in [0.1, 0.15) is 5.82 Å². The van der Waals surface area contributed by atoms with E-state index in [0.717, 1.165) is 16.5 Å². The van der Waals surface area contributed by atoms with Gasteiger partial charge in [0.15, 0.2) is 0 Å². The number of rotatable bonds is 2. The molecule has 3 rings (SSSR count). The van der Waals surface area contributed by atoms with Crippen molar-refractivity contribution in [2.45, 2.75) is 6.54 Å². The summed E-state index contributed by atoms with van der Waals surface area (Å²) in [5.41, 5.74) is 8.70. The highest BCUT2D eigenvalue weighted by Crippen LogP contribution is 2.21. The van der Waals surface area contributed by atoms with Gasteiger partial charge in [0.05, 0.1) is 11.6 Å². The van der Waals surface area contributed by atoms with Crippen LogP contribution in [0.4, 0.5) is 10.1 Å². The van der Waals surface area contributed by atoms with Crippen molar-refractivity contribution < 1.29 is 4.39 Å². The summed E-state index contributed by atoms with van der Waals surface area (Å²) < 4.78 is 15.1. The molecule has 0 fully saturated rings. The second kappa shape index (κ2) is 4.71. The number of nitrogens with zero attached hydrogens (tertiary/aromatic N) is 2. The molecule has 0 bridgehead atoms. The van der Waals surface area contributed by atoms with E-state index >= 15 is 0 Å². The van der Waals surface area contributed by atoms with Crippen molar-refractivity contribution in [1.82, 2.24) is 4.57 Å². The zero-order valence-electron chi connectivity index (χ0n) is 10.7. The van der Waals surface area contributed by atoms with Gasteiger partial charge in [-0.15, -0.1) is 0 Å². The van der Waals surface area contributed by atoms with Crippen molar-refractivity contribution >= 4 is 16.6 Å². The van der Waals surface area contributed by atoms with E-state index < -0.39 is 0 Å². The molecule has 0 aliphatic rings. The van der Waals surface area contributed by atoms with E-state index in [-0.39, 0.29) is 5.82 Å². The van der Waals surface area contributed by atoms with Crippen molar-refractivity contribution in [3.8, 4) is 6.07 Å². The van der Waals surface area contributed by atoms with Gasteiger partial charge in [-0.05, 0) is 41.3 Å². The maximum atomic E-state index is 13.1. The smallest absolute Gasteiger partial charge is 0.125 e. The molecule has 0 saturated carbocycles. The van der Waals surface area contributed by atoms with E-state index in [1.54, 1.807) is 12.1 Å². The second-order valence-corrected chi connectivity index (χ2v) is 4.67. The van der Waals surface area contributed by atoms with Gasteiger partial charge in [-0.25, -0.2) is 4.39 Å². The summed E-state index contributed by atoms with van der Waals surface area (Å²) in [6, 6.07) is 14.1. The number of nitriles is 1. The Balaban J connectivity index is 2.04. The van der Waals surface area contributed by atoms with Crippen LogP contribution in [-0.4, -0.2) is 4.57 Å². The highest BCUT2D eigenvalue weighted by molar-refractivity contribution is 5.81. The van der Waals surface area contributed by atoms with E-state index in [1.807, 2.05) is 29.0 Å².